The van der Waals surface area contributed by atoms with Crippen molar-refractivity contribution in [3.05, 3.63) is 76.1 Å². The van der Waals surface area contributed by atoms with E-state index in [9.17, 15) is 19.1 Å². The smallest absolute Gasteiger partial charge is 0.295 e. The summed E-state index contributed by atoms with van der Waals surface area (Å²) in [6, 6.07) is 11.3. The van der Waals surface area contributed by atoms with Gasteiger partial charge in [-0.25, -0.2) is 4.39 Å². The summed E-state index contributed by atoms with van der Waals surface area (Å²) in [6.45, 7) is 4.30. The minimum atomic E-state index is -0.994. The molecule has 2 aromatic carbocycles. The van der Waals surface area contributed by atoms with Gasteiger partial charge in [0.05, 0.1) is 31.4 Å². The zero-order valence-electron chi connectivity index (χ0n) is 17.5. The van der Waals surface area contributed by atoms with E-state index in [0.717, 1.165) is 19.6 Å². The zero-order valence-corrected chi connectivity index (χ0v) is 18.3. The van der Waals surface area contributed by atoms with E-state index in [-0.39, 0.29) is 23.4 Å². The zero-order chi connectivity index (χ0) is 22.7. The molecule has 32 heavy (non-hydrogen) atoms. The van der Waals surface area contributed by atoms with Crippen molar-refractivity contribution >= 4 is 29.1 Å². The van der Waals surface area contributed by atoms with Crippen molar-refractivity contribution in [3.8, 4) is 0 Å². The summed E-state index contributed by atoms with van der Waals surface area (Å²) in [5.41, 5.74) is 0.411. The van der Waals surface area contributed by atoms with E-state index >= 15 is 0 Å². The molecule has 2 aliphatic heterocycles. The van der Waals surface area contributed by atoms with E-state index in [0.29, 0.717) is 30.2 Å². The summed E-state index contributed by atoms with van der Waals surface area (Å²) >= 11 is 5.93. The van der Waals surface area contributed by atoms with Crippen LogP contribution < -0.4 is 4.90 Å². The molecule has 0 spiro atoms. The van der Waals surface area contributed by atoms with Crippen LogP contribution in [0.25, 0.3) is 5.76 Å². The normalized spacial score (nSPS) is 21.3. The Bertz CT molecular complexity index is 1030. The van der Waals surface area contributed by atoms with E-state index in [1.54, 1.807) is 42.5 Å². The predicted octanol–water partition coefficient (Wildman–Crippen LogP) is 2.21. The van der Waals surface area contributed by atoms with Crippen molar-refractivity contribution in [1.82, 2.24) is 4.90 Å². The van der Waals surface area contributed by atoms with Crippen LogP contribution in [0.1, 0.15) is 23.6 Å². The Kier molecular flexibility index (Phi) is 6.89. The number of ketones is 1. The molecule has 0 aromatic heterocycles. The molecular weight excluding hydrogens is 435 g/mol. The Morgan fingerprint density at radius 2 is 1.81 bits per heavy atom. The molecule has 1 amide bonds. The van der Waals surface area contributed by atoms with E-state index in [1.165, 1.54) is 15.9 Å². The summed E-state index contributed by atoms with van der Waals surface area (Å²) in [4.78, 5) is 28.7. The number of nitrogens with one attached hydrogen (secondary N) is 1. The molecule has 2 aliphatic rings. The van der Waals surface area contributed by atoms with E-state index in [1.807, 2.05) is 0 Å². The highest BCUT2D eigenvalue weighted by molar-refractivity contribution is 6.46. The van der Waals surface area contributed by atoms with Gasteiger partial charge in [0.1, 0.15) is 24.7 Å². The van der Waals surface area contributed by atoms with Crippen molar-refractivity contribution < 1.29 is 28.7 Å². The Balaban J connectivity index is 1.68. The molecule has 2 N–H and O–H groups in total. The van der Waals surface area contributed by atoms with Gasteiger partial charge in [-0.2, -0.15) is 0 Å². The number of hydrogen-bond acceptors (Lipinski definition) is 4. The molecule has 8 heteroatoms. The summed E-state index contributed by atoms with van der Waals surface area (Å²) in [6.07, 6.45) is 0.647. The molecule has 2 fully saturated rings. The Labute approximate surface area is 190 Å². The number of carbonyl (C=O) groups excluding carboxylic acids is 2. The number of morpholine rings is 1. The van der Waals surface area contributed by atoms with Crippen molar-refractivity contribution in [2.75, 3.05) is 39.4 Å². The number of carbonyl (C=O) groups is 2. The third-order valence-corrected chi connectivity index (χ3v) is 6.24. The number of aliphatic hydroxyl groups excluding tert-OH is 1. The van der Waals surface area contributed by atoms with Crippen LogP contribution in [-0.4, -0.2) is 61.1 Å². The van der Waals surface area contributed by atoms with Crippen LogP contribution in [0, 0.1) is 5.82 Å². The van der Waals surface area contributed by atoms with Gasteiger partial charge in [0, 0.05) is 29.1 Å². The summed E-state index contributed by atoms with van der Waals surface area (Å²) < 4.78 is 20.2. The Hall–Kier alpha value is -2.74. The highest BCUT2D eigenvalue weighted by Crippen LogP contribution is 2.40. The molecule has 0 saturated carbocycles. The van der Waals surface area contributed by atoms with Gasteiger partial charge in [-0.3, -0.25) is 9.59 Å². The van der Waals surface area contributed by atoms with Crippen LogP contribution >= 0.6 is 11.6 Å². The first-order valence-electron chi connectivity index (χ1n) is 10.7. The van der Waals surface area contributed by atoms with Gasteiger partial charge in [-0.15, -0.1) is 0 Å². The highest BCUT2D eigenvalue weighted by Gasteiger charge is 2.46. The first kappa shape index (κ1) is 22.5. The fourth-order valence-electron chi connectivity index (χ4n) is 4.30. The monoisotopic (exact) mass is 459 g/mol. The van der Waals surface area contributed by atoms with Gasteiger partial charge in [0.15, 0.2) is 0 Å². The van der Waals surface area contributed by atoms with Gasteiger partial charge in [0.2, 0.25) is 0 Å². The molecule has 1 atom stereocenters. The average molecular weight is 460 g/mol. The molecule has 2 saturated heterocycles. The molecule has 2 heterocycles. The number of likely N-dealkylation sites (tertiary alicyclic amines) is 1. The second kappa shape index (κ2) is 9.81. The largest absolute Gasteiger partial charge is 0.507 e. The minimum Gasteiger partial charge on any atom is -0.507 e. The number of benzene rings is 2. The molecule has 6 nitrogen and oxygen atoms in total. The summed E-state index contributed by atoms with van der Waals surface area (Å²) in [7, 11) is 0. The first-order valence-corrected chi connectivity index (χ1v) is 11.0. The maximum absolute atomic E-state index is 14.8. The van der Waals surface area contributed by atoms with Gasteiger partial charge < -0.3 is 19.6 Å². The lowest BCUT2D eigenvalue weighted by atomic mass is 9.95. The first-order chi connectivity index (χ1) is 15.5. The topological polar surface area (TPSA) is 71.3 Å². The number of amides is 1. The van der Waals surface area contributed by atoms with Gasteiger partial charge >= 0.3 is 0 Å². The minimum absolute atomic E-state index is 0.110. The number of aliphatic hydroxyl groups is 1. The molecule has 0 bridgehead atoms. The number of Topliss-reactive ketones (excluding diaryl/α,β-unsaturated/α-hetero) is 1. The quantitative estimate of drug-likeness (QED) is 0.395. The van der Waals surface area contributed by atoms with E-state index < -0.39 is 23.5 Å². The molecule has 0 aliphatic carbocycles. The fourth-order valence-corrected chi connectivity index (χ4v) is 4.43. The van der Waals surface area contributed by atoms with Crippen LogP contribution in [0.15, 0.2) is 54.1 Å². The number of quaternary nitrogens is 1. The van der Waals surface area contributed by atoms with Crippen molar-refractivity contribution in [2.24, 2.45) is 0 Å². The molecule has 2 aromatic rings. The van der Waals surface area contributed by atoms with Crippen molar-refractivity contribution in [2.45, 2.75) is 12.5 Å². The number of hydrogen-bond donors (Lipinski definition) is 2. The lowest BCUT2D eigenvalue weighted by Gasteiger charge is -2.27. The molecule has 0 radical (unpaired) electrons. The number of nitrogens with zero attached hydrogens (tertiary/aromatic N) is 1. The van der Waals surface area contributed by atoms with Crippen LogP contribution in [-0.2, 0) is 14.3 Å². The SMILES string of the molecule is O=C1C(=O)N(CCC[NH+]2CCOCC2)[C@H](c2ccccc2F)C1=C(O)c1ccc(Cl)cc1. The molecular formula is C24H25ClFN2O4+. The average Bonchev–Trinajstić information content (AvgIpc) is 3.05. The third kappa shape index (κ3) is 4.55. The maximum atomic E-state index is 14.8. The summed E-state index contributed by atoms with van der Waals surface area (Å²) in [5, 5.41) is 11.4. The van der Waals surface area contributed by atoms with E-state index in [4.69, 9.17) is 16.3 Å². The van der Waals surface area contributed by atoms with E-state index in [2.05, 4.69) is 0 Å². The predicted molar refractivity (Wildman–Crippen MR) is 118 cm³/mol. The Morgan fingerprint density at radius 3 is 2.50 bits per heavy atom. The maximum Gasteiger partial charge on any atom is 0.295 e. The Morgan fingerprint density at radius 1 is 1.12 bits per heavy atom. The standard InChI is InChI=1S/C24H24ClFN2O4/c25-17-8-6-16(7-9-17)22(29)20-21(18-4-1-2-5-19(18)26)28(24(31)23(20)30)11-3-10-27-12-14-32-15-13-27/h1-2,4-9,21,29H,3,10-15H2/p+1/t21-/m1/s1. The van der Waals surface area contributed by atoms with Crippen LogP contribution in [0.2, 0.25) is 5.02 Å². The second-order valence-electron chi connectivity index (χ2n) is 7.99. The van der Waals surface area contributed by atoms with Crippen molar-refractivity contribution in [1.29, 1.82) is 0 Å². The highest BCUT2D eigenvalue weighted by atomic mass is 35.5. The fraction of sp³-hybridized carbons (Fsp3) is 0.333. The lowest BCUT2D eigenvalue weighted by Crippen LogP contribution is -3.14. The van der Waals surface area contributed by atoms with Crippen LogP contribution in [0.3, 0.4) is 0 Å². The molecule has 168 valence electrons. The number of ether oxygens (including phenoxy) is 1. The number of rotatable bonds is 6. The van der Waals surface area contributed by atoms with Crippen LogP contribution in [0.5, 0.6) is 0 Å². The molecule has 4 rings (SSSR count). The van der Waals surface area contributed by atoms with Gasteiger partial charge in [0.25, 0.3) is 11.7 Å². The molecule has 0 unspecified atom stereocenters. The van der Waals surface area contributed by atoms with Crippen LogP contribution in [0.4, 0.5) is 4.39 Å². The third-order valence-electron chi connectivity index (χ3n) is 5.99. The van der Waals surface area contributed by atoms with Gasteiger partial charge in [-0.05, 0) is 30.3 Å². The lowest BCUT2D eigenvalue weighted by molar-refractivity contribution is -0.908. The van der Waals surface area contributed by atoms with Gasteiger partial charge in [-0.1, -0.05) is 29.8 Å². The second-order valence-corrected chi connectivity index (χ2v) is 8.42. The number of halogens is 2. The summed E-state index contributed by atoms with van der Waals surface area (Å²) in [5.74, 6) is -2.42. The van der Waals surface area contributed by atoms with Crippen molar-refractivity contribution in [3.63, 3.8) is 0 Å².